The van der Waals surface area contributed by atoms with Crippen LogP contribution in [0.3, 0.4) is 0 Å². The smallest absolute Gasteiger partial charge is 0.270 e. The third kappa shape index (κ3) is 4.56. The van der Waals surface area contributed by atoms with E-state index in [1.165, 1.54) is 17.0 Å². The van der Waals surface area contributed by atoms with Crippen LogP contribution in [0.4, 0.5) is 5.69 Å². The van der Waals surface area contributed by atoms with Gasteiger partial charge in [-0.3, -0.25) is 19.8 Å². The van der Waals surface area contributed by atoms with Crippen LogP contribution in [-0.2, 0) is 6.42 Å². The Labute approximate surface area is 163 Å². The Morgan fingerprint density at radius 2 is 2.00 bits per heavy atom. The Hall–Kier alpha value is -1.52. The number of carbonyl (C=O) groups is 1. The van der Waals surface area contributed by atoms with Crippen LogP contribution in [0.15, 0.2) is 35.7 Å². The number of nitro groups is 1. The molecule has 1 aliphatic rings. The minimum atomic E-state index is -0.463. The Kier molecular flexibility index (Phi) is 6.02. The van der Waals surface area contributed by atoms with Crippen molar-refractivity contribution in [3.63, 3.8) is 0 Å². The molecule has 1 aromatic heterocycles. The Bertz CT molecular complexity index is 759. The number of piperazine rings is 1. The fourth-order valence-electron chi connectivity index (χ4n) is 2.86. The molecule has 1 aliphatic heterocycles. The van der Waals surface area contributed by atoms with E-state index in [0.717, 1.165) is 29.6 Å². The topological polar surface area (TPSA) is 66.7 Å². The van der Waals surface area contributed by atoms with Gasteiger partial charge in [0.25, 0.3) is 11.6 Å². The molecule has 2 heterocycles. The molecule has 0 unspecified atom stereocenters. The lowest BCUT2D eigenvalue weighted by Crippen LogP contribution is -2.49. The van der Waals surface area contributed by atoms with Crippen molar-refractivity contribution in [2.45, 2.75) is 6.42 Å². The number of rotatable bonds is 5. The zero-order chi connectivity index (χ0) is 17.8. The molecule has 25 heavy (non-hydrogen) atoms. The van der Waals surface area contributed by atoms with Gasteiger partial charge in [-0.15, -0.1) is 11.3 Å². The molecule has 1 fully saturated rings. The summed E-state index contributed by atoms with van der Waals surface area (Å²) in [6.45, 7) is 3.98. The minimum Gasteiger partial charge on any atom is -0.336 e. The van der Waals surface area contributed by atoms with Gasteiger partial charge in [0.2, 0.25) is 0 Å². The first-order chi connectivity index (χ1) is 12.0. The van der Waals surface area contributed by atoms with Crippen molar-refractivity contribution in [3.05, 3.63) is 59.8 Å². The molecular formula is C17H18IN3O3S. The second-order valence-electron chi connectivity index (χ2n) is 5.88. The standard InChI is InChI=1S/C17H18IN3O3S/c18-16-4-3-13(21(23)24)12-15(16)17(22)20-9-7-19(8-10-20)6-5-14-2-1-11-25-14/h1-4,11-12H,5-10H2. The van der Waals surface area contributed by atoms with E-state index in [2.05, 4.69) is 45.0 Å². The molecule has 3 rings (SSSR count). The SMILES string of the molecule is O=C(c1cc([N+](=O)[O-])ccc1I)N1CCN(CCc2cccs2)CC1. The van der Waals surface area contributed by atoms with Crippen LogP contribution in [0, 0.1) is 13.7 Å². The molecule has 0 N–H and O–H groups in total. The Balaban J connectivity index is 1.58. The normalized spacial score (nSPS) is 15.3. The summed E-state index contributed by atoms with van der Waals surface area (Å²) in [4.78, 5) is 28.8. The van der Waals surface area contributed by atoms with E-state index in [1.54, 1.807) is 22.3 Å². The molecule has 8 heteroatoms. The number of nitro benzene ring substituents is 1. The first-order valence-electron chi connectivity index (χ1n) is 8.02. The highest BCUT2D eigenvalue weighted by atomic mass is 127. The van der Waals surface area contributed by atoms with Gasteiger partial charge in [0.1, 0.15) is 0 Å². The van der Waals surface area contributed by atoms with E-state index in [0.29, 0.717) is 18.7 Å². The van der Waals surface area contributed by atoms with Gasteiger partial charge < -0.3 is 4.90 Å². The minimum absolute atomic E-state index is 0.0432. The lowest BCUT2D eigenvalue weighted by atomic mass is 10.1. The maximum absolute atomic E-state index is 12.7. The van der Waals surface area contributed by atoms with Gasteiger partial charge in [0.15, 0.2) is 0 Å². The summed E-state index contributed by atoms with van der Waals surface area (Å²) in [6, 6.07) is 8.66. The van der Waals surface area contributed by atoms with Crippen molar-refractivity contribution in [2.75, 3.05) is 32.7 Å². The average molecular weight is 471 g/mol. The molecule has 132 valence electrons. The van der Waals surface area contributed by atoms with Crippen molar-refractivity contribution in [1.29, 1.82) is 0 Å². The monoisotopic (exact) mass is 471 g/mol. The van der Waals surface area contributed by atoms with E-state index in [9.17, 15) is 14.9 Å². The van der Waals surface area contributed by atoms with Gasteiger partial charge in [-0.05, 0) is 46.5 Å². The summed E-state index contributed by atoms with van der Waals surface area (Å²) in [5.74, 6) is -0.119. The van der Waals surface area contributed by atoms with Crippen molar-refractivity contribution in [3.8, 4) is 0 Å². The quantitative estimate of drug-likeness (QED) is 0.382. The molecule has 1 aromatic carbocycles. The highest BCUT2D eigenvalue weighted by Gasteiger charge is 2.24. The van der Waals surface area contributed by atoms with Gasteiger partial charge in [-0.2, -0.15) is 0 Å². The Morgan fingerprint density at radius 1 is 1.24 bits per heavy atom. The maximum atomic E-state index is 12.7. The molecule has 0 aliphatic carbocycles. The van der Waals surface area contributed by atoms with Crippen LogP contribution in [0.1, 0.15) is 15.2 Å². The number of carbonyl (C=O) groups excluding carboxylic acids is 1. The van der Waals surface area contributed by atoms with Crippen molar-refractivity contribution in [1.82, 2.24) is 9.80 Å². The second kappa shape index (κ2) is 8.24. The van der Waals surface area contributed by atoms with E-state index in [-0.39, 0.29) is 11.6 Å². The molecule has 0 radical (unpaired) electrons. The fraction of sp³-hybridized carbons (Fsp3) is 0.353. The van der Waals surface area contributed by atoms with E-state index in [1.807, 2.05) is 0 Å². The van der Waals surface area contributed by atoms with Crippen LogP contribution in [0.25, 0.3) is 0 Å². The molecule has 1 amide bonds. The van der Waals surface area contributed by atoms with Gasteiger partial charge >= 0.3 is 0 Å². The lowest BCUT2D eigenvalue weighted by molar-refractivity contribution is -0.384. The second-order valence-corrected chi connectivity index (χ2v) is 8.08. The van der Waals surface area contributed by atoms with Gasteiger partial charge in [0.05, 0.1) is 10.5 Å². The van der Waals surface area contributed by atoms with Crippen molar-refractivity contribution >= 4 is 45.5 Å². The molecular weight excluding hydrogens is 453 g/mol. The predicted octanol–water partition coefficient (Wildman–Crippen LogP) is 3.26. The highest BCUT2D eigenvalue weighted by molar-refractivity contribution is 14.1. The summed E-state index contributed by atoms with van der Waals surface area (Å²) in [5, 5.41) is 13.0. The fourth-order valence-corrected chi connectivity index (χ4v) is 4.12. The number of amides is 1. The number of halogens is 1. The molecule has 0 atom stereocenters. The van der Waals surface area contributed by atoms with Crippen LogP contribution < -0.4 is 0 Å². The molecule has 0 bridgehead atoms. The van der Waals surface area contributed by atoms with Crippen molar-refractivity contribution in [2.24, 2.45) is 0 Å². The number of hydrogen-bond acceptors (Lipinski definition) is 5. The van der Waals surface area contributed by atoms with Crippen LogP contribution in [0.5, 0.6) is 0 Å². The summed E-state index contributed by atoms with van der Waals surface area (Å²) in [6.07, 6.45) is 1.04. The third-order valence-electron chi connectivity index (χ3n) is 4.31. The molecule has 0 spiro atoms. The zero-order valence-corrected chi connectivity index (χ0v) is 16.5. The van der Waals surface area contributed by atoms with Gasteiger partial charge in [0, 0.05) is 53.3 Å². The van der Waals surface area contributed by atoms with Crippen LogP contribution in [0.2, 0.25) is 0 Å². The largest absolute Gasteiger partial charge is 0.336 e. The van der Waals surface area contributed by atoms with Crippen LogP contribution >= 0.6 is 33.9 Å². The molecule has 6 nitrogen and oxygen atoms in total. The molecule has 1 saturated heterocycles. The summed E-state index contributed by atoms with van der Waals surface area (Å²) >= 11 is 3.83. The third-order valence-corrected chi connectivity index (χ3v) is 6.18. The lowest BCUT2D eigenvalue weighted by Gasteiger charge is -2.34. The first-order valence-corrected chi connectivity index (χ1v) is 9.98. The number of non-ortho nitro benzene ring substituents is 1. The predicted molar refractivity (Wildman–Crippen MR) is 106 cm³/mol. The molecule has 0 saturated carbocycles. The van der Waals surface area contributed by atoms with Crippen LogP contribution in [-0.4, -0.2) is 53.4 Å². The number of nitrogens with zero attached hydrogens (tertiary/aromatic N) is 3. The van der Waals surface area contributed by atoms with E-state index in [4.69, 9.17) is 0 Å². The number of thiophene rings is 1. The van der Waals surface area contributed by atoms with E-state index >= 15 is 0 Å². The maximum Gasteiger partial charge on any atom is 0.270 e. The number of benzene rings is 1. The van der Waals surface area contributed by atoms with Crippen molar-refractivity contribution < 1.29 is 9.72 Å². The zero-order valence-electron chi connectivity index (χ0n) is 13.6. The summed E-state index contributed by atoms with van der Waals surface area (Å²) in [5.41, 5.74) is 0.375. The Morgan fingerprint density at radius 3 is 2.64 bits per heavy atom. The first kappa shape index (κ1) is 18.3. The van der Waals surface area contributed by atoms with Gasteiger partial charge in [-0.25, -0.2) is 0 Å². The number of hydrogen-bond donors (Lipinski definition) is 0. The summed E-state index contributed by atoms with van der Waals surface area (Å²) in [7, 11) is 0. The average Bonchev–Trinajstić information content (AvgIpc) is 3.13. The van der Waals surface area contributed by atoms with Gasteiger partial charge in [-0.1, -0.05) is 6.07 Å². The van der Waals surface area contributed by atoms with E-state index < -0.39 is 4.92 Å². The highest BCUT2D eigenvalue weighted by Crippen LogP contribution is 2.22. The molecule has 2 aromatic rings. The summed E-state index contributed by atoms with van der Waals surface area (Å²) < 4.78 is 0.744.